The lowest BCUT2D eigenvalue weighted by atomic mass is 9.96. The zero-order chi connectivity index (χ0) is 22.5. The Kier molecular flexibility index (Phi) is 6.58. The first-order chi connectivity index (χ1) is 15.5. The minimum Gasteiger partial charge on any atom is -0.489 e. The molecular weight excluding hydrogens is 414 g/mol. The Hall–Kier alpha value is -3.55. The highest BCUT2D eigenvalue weighted by Crippen LogP contribution is 2.36. The van der Waals surface area contributed by atoms with Crippen LogP contribution in [0.15, 0.2) is 72.1 Å². The summed E-state index contributed by atoms with van der Waals surface area (Å²) in [6.45, 7) is 4.40. The van der Waals surface area contributed by atoms with Crippen molar-refractivity contribution in [2.24, 2.45) is 5.73 Å². The van der Waals surface area contributed by atoms with Crippen LogP contribution in [0.2, 0.25) is 0 Å². The van der Waals surface area contributed by atoms with Gasteiger partial charge < -0.3 is 10.5 Å². The van der Waals surface area contributed by atoms with E-state index in [2.05, 4.69) is 66.6 Å². The van der Waals surface area contributed by atoms with E-state index < -0.39 is 0 Å². The van der Waals surface area contributed by atoms with Crippen LogP contribution in [0.25, 0.3) is 21.2 Å². The maximum Gasteiger partial charge on any atom is 0.219 e. The fourth-order valence-corrected chi connectivity index (χ4v) is 4.78. The second-order valence-electron chi connectivity index (χ2n) is 7.77. The summed E-state index contributed by atoms with van der Waals surface area (Å²) < 4.78 is 7.31. The van der Waals surface area contributed by atoms with Gasteiger partial charge in [0.15, 0.2) is 0 Å². The Morgan fingerprint density at radius 3 is 2.56 bits per heavy atom. The molecule has 0 radical (unpaired) electrons. The lowest BCUT2D eigenvalue weighted by molar-refractivity contribution is -0.118. The van der Waals surface area contributed by atoms with E-state index in [0.29, 0.717) is 6.61 Å². The van der Waals surface area contributed by atoms with Crippen LogP contribution >= 0.6 is 11.3 Å². The van der Waals surface area contributed by atoms with Crippen molar-refractivity contribution in [3.05, 3.63) is 88.8 Å². The van der Waals surface area contributed by atoms with Crippen LogP contribution in [0, 0.1) is 18.8 Å². The van der Waals surface area contributed by atoms with Crippen molar-refractivity contribution in [3.8, 4) is 28.7 Å². The summed E-state index contributed by atoms with van der Waals surface area (Å²) in [7, 11) is 0. The Morgan fingerprint density at radius 1 is 1.06 bits per heavy atom. The van der Waals surface area contributed by atoms with Gasteiger partial charge in [-0.1, -0.05) is 48.4 Å². The number of ether oxygens (including phenoxy) is 1. The van der Waals surface area contributed by atoms with Gasteiger partial charge in [0.05, 0.1) is 5.92 Å². The van der Waals surface area contributed by atoms with E-state index in [-0.39, 0.29) is 18.2 Å². The molecule has 0 bridgehead atoms. The molecular formula is C28H25NO2S. The SMILES string of the molecule is CC#C[C@H](CC(N)=O)c1ccc(OCc2ccc3scc(-c4ccccc4C)c3c2)cc1. The van der Waals surface area contributed by atoms with Crippen molar-refractivity contribution in [2.45, 2.75) is 32.8 Å². The summed E-state index contributed by atoms with van der Waals surface area (Å²) >= 11 is 1.77. The molecule has 0 aliphatic rings. The molecule has 1 aromatic heterocycles. The van der Waals surface area contributed by atoms with Crippen LogP contribution in [0.4, 0.5) is 0 Å². The number of nitrogens with two attached hydrogens (primary N) is 1. The highest BCUT2D eigenvalue weighted by Gasteiger charge is 2.12. The molecule has 0 unspecified atom stereocenters. The molecule has 2 N–H and O–H groups in total. The van der Waals surface area contributed by atoms with Crippen LogP contribution in [0.5, 0.6) is 5.75 Å². The molecule has 0 aliphatic carbocycles. The van der Waals surface area contributed by atoms with Gasteiger partial charge in [-0.15, -0.1) is 17.3 Å². The van der Waals surface area contributed by atoms with E-state index in [1.54, 1.807) is 18.3 Å². The summed E-state index contributed by atoms with van der Waals surface area (Å²) in [6.07, 6.45) is 0.213. The van der Waals surface area contributed by atoms with Gasteiger partial charge in [0.25, 0.3) is 0 Å². The topological polar surface area (TPSA) is 52.3 Å². The molecule has 0 spiro atoms. The van der Waals surface area contributed by atoms with Crippen molar-refractivity contribution < 1.29 is 9.53 Å². The molecule has 3 nitrogen and oxygen atoms in total. The first kappa shape index (κ1) is 21.7. The maximum atomic E-state index is 11.3. The monoisotopic (exact) mass is 439 g/mol. The highest BCUT2D eigenvalue weighted by atomic mass is 32.1. The second kappa shape index (κ2) is 9.72. The van der Waals surface area contributed by atoms with E-state index >= 15 is 0 Å². The second-order valence-corrected chi connectivity index (χ2v) is 8.68. The number of primary amides is 1. The average molecular weight is 440 g/mol. The lowest BCUT2D eigenvalue weighted by Crippen LogP contribution is -2.14. The molecule has 1 heterocycles. The minimum absolute atomic E-state index is 0.188. The molecule has 4 aromatic rings. The van der Waals surface area contributed by atoms with Crippen LogP contribution < -0.4 is 10.5 Å². The molecule has 32 heavy (non-hydrogen) atoms. The predicted octanol–water partition coefficient (Wildman–Crippen LogP) is 6.44. The molecule has 160 valence electrons. The summed E-state index contributed by atoms with van der Waals surface area (Å²) in [5.41, 5.74) is 11.3. The van der Waals surface area contributed by atoms with Gasteiger partial charge in [0, 0.05) is 22.1 Å². The van der Waals surface area contributed by atoms with Gasteiger partial charge in [-0.3, -0.25) is 4.79 Å². The van der Waals surface area contributed by atoms with Gasteiger partial charge in [-0.2, -0.15) is 0 Å². The Balaban J connectivity index is 1.51. The fourth-order valence-electron chi connectivity index (χ4n) is 3.84. The van der Waals surface area contributed by atoms with Gasteiger partial charge in [-0.05, 0) is 65.7 Å². The summed E-state index contributed by atoms with van der Waals surface area (Å²) in [5, 5.41) is 3.49. The standard InChI is InChI=1S/C28H25NO2S/c1-3-6-22(16-28(29)30)21-10-12-23(13-11-21)31-17-20-9-14-27-25(15-20)26(18-32-27)24-8-5-4-7-19(24)2/h4-5,7-15,18,22H,16-17H2,1-2H3,(H2,29,30)/t22-/m1/s1. The molecule has 0 fully saturated rings. The number of rotatable bonds is 7. The molecule has 1 atom stereocenters. The fraction of sp³-hybridized carbons (Fsp3) is 0.179. The van der Waals surface area contributed by atoms with E-state index in [1.807, 2.05) is 24.3 Å². The van der Waals surface area contributed by atoms with Crippen LogP contribution in [0.3, 0.4) is 0 Å². The number of carbonyl (C=O) groups is 1. The first-order valence-electron chi connectivity index (χ1n) is 10.5. The Labute approximate surface area is 192 Å². The number of hydrogen-bond donors (Lipinski definition) is 1. The van der Waals surface area contributed by atoms with E-state index in [0.717, 1.165) is 16.9 Å². The van der Waals surface area contributed by atoms with Crippen LogP contribution in [0.1, 0.15) is 36.0 Å². The quantitative estimate of drug-likeness (QED) is 0.337. The van der Waals surface area contributed by atoms with Gasteiger partial charge >= 0.3 is 0 Å². The molecule has 0 saturated heterocycles. The van der Waals surface area contributed by atoms with Gasteiger partial charge in [-0.25, -0.2) is 0 Å². The number of hydrogen-bond acceptors (Lipinski definition) is 3. The minimum atomic E-state index is -0.355. The summed E-state index contributed by atoms with van der Waals surface area (Å²) in [4.78, 5) is 11.3. The van der Waals surface area contributed by atoms with Gasteiger partial charge in [0.2, 0.25) is 5.91 Å². The van der Waals surface area contributed by atoms with E-state index in [1.165, 1.54) is 26.8 Å². The van der Waals surface area contributed by atoms with Crippen molar-refractivity contribution in [1.82, 2.24) is 0 Å². The molecule has 1 amide bonds. The Bertz CT molecular complexity index is 1310. The highest BCUT2D eigenvalue weighted by molar-refractivity contribution is 7.17. The van der Waals surface area contributed by atoms with Gasteiger partial charge in [0.1, 0.15) is 12.4 Å². The van der Waals surface area contributed by atoms with E-state index in [9.17, 15) is 4.79 Å². The zero-order valence-corrected chi connectivity index (χ0v) is 19.0. The summed E-state index contributed by atoms with van der Waals surface area (Å²) in [5.74, 6) is 6.17. The summed E-state index contributed by atoms with van der Waals surface area (Å²) in [6, 6.07) is 22.7. The van der Waals surface area contributed by atoms with Crippen molar-refractivity contribution >= 4 is 27.3 Å². The van der Waals surface area contributed by atoms with E-state index in [4.69, 9.17) is 10.5 Å². The molecule has 4 heteroatoms. The first-order valence-corrected chi connectivity index (χ1v) is 11.4. The molecule has 0 saturated carbocycles. The third kappa shape index (κ3) is 4.85. The van der Waals surface area contributed by atoms with Crippen molar-refractivity contribution in [1.29, 1.82) is 0 Å². The van der Waals surface area contributed by atoms with Crippen molar-refractivity contribution in [3.63, 3.8) is 0 Å². The number of fused-ring (bicyclic) bond motifs is 1. The zero-order valence-electron chi connectivity index (χ0n) is 18.2. The smallest absolute Gasteiger partial charge is 0.219 e. The number of thiophene rings is 1. The molecule has 0 aliphatic heterocycles. The number of amides is 1. The largest absolute Gasteiger partial charge is 0.489 e. The third-order valence-electron chi connectivity index (χ3n) is 5.48. The van der Waals surface area contributed by atoms with Crippen LogP contribution in [-0.4, -0.2) is 5.91 Å². The van der Waals surface area contributed by atoms with Crippen LogP contribution in [-0.2, 0) is 11.4 Å². The Morgan fingerprint density at radius 2 is 1.84 bits per heavy atom. The predicted molar refractivity (Wildman–Crippen MR) is 133 cm³/mol. The third-order valence-corrected chi connectivity index (χ3v) is 6.45. The lowest BCUT2D eigenvalue weighted by Gasteiger charge is -2.11. The molecule has 3 aromatic carbocycles. The normalized spacial score (nSPS) is 11.6. The number of aryl methyl sites for hydroxylation is 1. The number of carbonyl (C=O) groups excluding carboxylic acids is 1. The maximum absolute atomic E-state index is 11.3. The molecule has 4 rings (SSSR count). The number of benzene rings is 3. The van der Waals surface area contributed by atoms with Crippen molar-refractivity contribution in [2.75, 3.05) is 0 Å². The average Bonchev–Trinajstić information content (AvgIpc) is 3.21.